The van der Waals surface area contributed by atoms with Gasteiger partial charge >= 0.3 is 6.03 Å². The molecule has 0 unspecified atom stereocenters. The minimum Gasteiger partial charge on any atom is -0.383 e. The largest absolute Gasteiger partial charge is 0.383 e. The number of carbonyl (C=O) groups excluding carboxylic acids is 1. The molecule has 1 aromatic heterocycles. The van der Waals surface area contributed by atoms with Gasteiger partial charge < -0.3 is 10.6 Å². The lowest BCUT2D eigenvalue weighted by atomic mass is 10.1. The SMILES string of the molecule is CC(C)NC(=O)Nc1ccc(NCCc2ccc(F)cc2)cn1. The van der Waals surface area contributed by atoms with Crippen molar-refractivity contribution in [2.75, 3.05) is 17.2 Å². The Kier molecular flexibility index (Phi) is 5.91. The number of hydrogen-bond donors (Lipinski definition) is 3. The van der Waals surface area contributed by atoms with Crippen LogP contribution in [0.15, 0.2) is 42.6 Å². The standard InChI is InChI=1S/C17H21FN4O/c1-12(2)21-17(23)22-16-8-7-15(11-20-16)19-10-9-13-3-5-14(18)6-4-13/h3-8,11-12,19H,9-10H2,1-2H3,(H2,20,21,22,23). The topological polar surface area (TPSA) is 66.1 Å². The molecule has 23 heavy (non-hydrogen) atoms. The Bertz CT molecular complexity index is 626. The van der Waals surface area contributed by atoms with Gasteiger partial charge in [-0.1, -0.05) is 12.1 Å². The van der Waals surface area contributed by atoms with E-state index < -0.39 is 0 Å². The summed E-state index contributed by atoms with van der Waals surface area (Å²) in [7, 11) is 0. The fourth-order valence-electron chi connectivity index (χ4n) is 1.99. The number of hydrogen-bond acceptors (Lipinski definition) is 3. The van der Waals surface area contributed by atoms with Gasteiger partial charge in [0.15, 0.2) is 0 Å². The second kappa shape index (κ2) is 8.12. The Morgan fingerprint density at radius 2 is 1.91 bits per heavy atom. The van der Waals surface area contributed by atoms with Gasteiger partial charge in [0.05, 0.1) is 11.9 Å². The maximum Gasteiger partial charge on any atom is 0.320 e. The van der Waals surface area contributed by atoms with Crippen molar-refractivity contribution in [3.8, 4) is 0 Å². The van der Waals surface area contributed by atoms with E-state index in [4.69, 9.17) is 0 Å². The molecule has 0 spiro atoms. The van der Waals surface area contributed by atoms with E-state index in [0.29, 0.717) is 12.4 Å². The van der Waals surface area contributed by atoms with E-state index in [-0.39, 0.29) is 17.9 Å². The zero-order valence-corrected chi connectivity index (χ0v) is 13.3. The van der Waals surface area contributed by atoms with Gasteiger partial charge in [-0.2, -0.15) is 0 Å². The van der Waals surface area contributed by atoms with Crippen LogP contribution in [0.3, 0.4) is 0 Å². The van der Waals surface area contributed by atoms with Crippen LogP contribution >= 0.6 is 0 Å². The molecule has 122 valence electrons. The van der Waals surface area contributed by atoms with Gasteiger partial charge in [-0.15, -0.1) is 0 Å². The van der Waals surface area contributed by atoms with Crippen LogP contribution in [0.25, 0.3) is 0 Å². The Hall–Kier alpha value is -2.63. The lowest BCUT2D eigenvalue weighted by Crippen LogP contribution is -2.34. The number of aromatic nitrogens is 1. The predicted octanol–water partition coefficient (Wildman–Crippen LogP) is 3.41. The van der Waals surface area contributed by atoms with Gasteiger partial charge in [0.2, 0.25) is 0 Å². The molecule has 0 radical (unpaired) electrons. The highest BCUT2D eigenvalue weighted by atomic mass is 19.1. The second-order valence-electron chi connectivity index (χ2n) is 5.49. The highest BCUT2D eigenvalue weighted by molar-refractivity contribution is 5.88. The van der Waals surface area contributed by atoms with Gasteiger partial charge in [0.25, 0.3) is 0 Å². The average molecular weight is 316 g/mol. The first-order chi connectivity index (χ1) is 11.0. The van der Waals surface area contributed by atoms with Gasteiger partial charge in [-0.05, 0) is 50.1 Å². The predicted molar refractivity (Wildman–Crippen MR) is 90.1 cm³/mol. The summed E-state index contributed by atoms with van der Waals surface area (Å²) in [6.45, 7) is 4.50. The molecule has 1 aromatic carbocycles. The smallest absolute Gasteiger partial charge is 0.320 e. The van der Waals surface area contributed by atoms with Crippen molar-refractivity contribution in [3.05, 3.63) is 54.0 Å². The van der Waals surface area contributed by atoms with E-state index in [1.807, 2.05) is 19.9 Å². The second-order valence-corrected chi connectivity index (χ2v) is 5.49. The van der Waals surface area contributed by atoms with E-state index in [1.165, 1.54) is 12.1 Å². The van der Waals surface area contributed by atoms with Crippen LogP contribution in [0.2, 0.25) is 0 Å². The Labute approximate surface area is 135 Å². The van der Waals surface area contributed by atoms with Crippen molar-refractivity contribution >= 4 is 17.5 Å². The molecule has 0 saturated carbocycles. The third-order valence-corrected chi connectivity index (χ3v) is 3.08. The summed E-state index contributed by atoms with van der Waals surface area (Å²) >= 11 is 0. The summed E-state index contributed by atoms with van der Waals surface area (Å²) in [4.78, 5) is 15.7. The van der Waals surface area contributed by atoms with E-state index in [9.17, 15) is 9.18 Å². The molecular formula is C17H21FN4O. The number of amides is 2. The zero-order valence-electron chi connectivity index (χ0n) is 13.3. The molecule has 0 aliphatic heterocycles. The molecule has 2 aromatic rings. The Morgan fingerprint density at radius 3 is 2.52 bits per heavy atom. The Balaban J connectivity index is 1.78. The molecule has 2 rings (SSSR count). The number of pyridine rings is 1. The first-order valence-electron chi connectivity index (χ1n) is 7.55. The number of benzene rings is 1. The zero-order chi connectivity index (χ0) is 16.7. The number of nitrogens with zero attached hydrogens (tertiary/aromatic N) is 1. The van der Waals surface area contributed by atoms with E-state index in [2.05, 4.69) is 20.9 Å². The summed E-state index contributed by atoms with van der Waals surface area (Å²) < 4.78 is 12.8. The summed E-state index contributed by atoms with van der Waals surface area (Å²) in [6, 6.07) is 9.85. The first kappa shape index (κ1) is 16.7. The minimum absolute atomic E-state index is 0.0717. The quantitative estimate of drug-likeness (QED) is 0.765. The van der Waals surface area contributed by atoms with Crippen molar-refractivity contribution in [1.29, 1.82) is 0 Å². The van der Waals surface area contributed by atoms with Crippen molar-refractivity contribution in [2.45, 2.75) is 26.3 Å². The molecule has 6 heteroatoms. The lowest BCUT2D eigenvalue weighted by Gasteiger charge is -2.10. The van der Waals surface area contributed by atoms with Gasteiger partial charge in [0.1, 0.15) is 11.6 Å². The summed E-state index contributed by atoms with van der Waals surface area (Å²) in [5, 5.41) is 8.63. The summed E-state index contributed by atoms with van der Waals surface area (Å²) in [5.74, 6) is 0.266. The van der Waals surface area contributed by atoms with E-state index in [0.717, 1.165) is 17.7 Å². The van der Waals surface area contributed by atoms with E-state index in [1.54, 1.807) is 24.4 Å². The van der Waals surface area contributed by atoms with Crippen molar-refractivity contribution in [1.82, 2.24) is 10.3 Å². The fourth-order valence-corrected chi connectivity index (χ4v) is 1.99. The number of rotatable bonds is 6. The molecule has 0 atom stereocenters. The number of anilines is 2. The van der Waals surface area contributed by atoms with Crippen LogP contribution in [-0.4, -0.2) is 23.6 Å². The molecule has 0 saturated heterocycles. The van der Waals surface area contributed by atoms with Crippen molar-refractivity contribution < 1.29 is 9.18 Å². The van der Waals surface area contributed by atoms with Crippen molar-refractivity contribution in [2.24, 2.45) is 0 Å². The van der Waals surface area contributed by atoms with E-state index >= 15 is 0 Å². The third-order valence-electron chi connectivity index (χ3n) is 3.08. The monoisotopic (exact) mass is 316 g/mol. The van der Waals surface area contributed by atoms with Crippen LogP contribution < -0.4 is 16.0 Å². The normalized spacial score (nSPS) is 10.4. The lowest BCUT2D eigenvalue weighted by molar-refractivity contribution is 0.250. The summed E-state index contributed by atoms with van der Waals surface area (Å²) in [5.41, 5.74) is 1.93. The molecule has 2 amide bonds. The minimum atomic E-state index is -0.274. The summed E-state index contributed by atoms with van der Waals surface area (Å²) in [6.07, 6.45) is 2.45. The number of urea groups is 1. The first-order valence-corrected chi connectivity index (χ1v) is 7.55. The van der Waals surface area contributed by atoms with Crippen LogP contribution in [-0.2, 0) is 6.42 Å². The van der Waals surface area contributed by atoms with Gasteiger partial charge in [-0.25, -0.2) is 14.2 Å². The van der Waals surface area contributed by atoms with Crippen LogP contribution in [0, 0.1) is 5.82 Å². The fraction of sp³-hybridized carbons (Fsp3) is 0.294. The number of nitrogens with one attached hydrogen (secondary N) is 3. The molecule has 5 nitrogen and oxygen atoms in total. The maximum absolute atomic E-state index is 12.8. The third kappa shape index (κ3) is 5.94. The average Bonchev–Trinajstić information content (AvgIpc) is 2.50. The number of halogens is 1. The van der Waals surface area contributed by atoms with Gasteiger partial charge in [0, 0.05) is 12.6 Å². The highest BCUT2D eigenvalue weighted by Gasteiger charge is 2.04. The highest BCUT2D eigenvalue weighted by Crippen LogP contribution is 2.10. The van der Waals surface area contributed by atoms with Crippen LogP contribution in [0.1, 0.15) is 19.4 Å². The van der Waals surface area contributed by atoms with Crippen LogP contribution in [0.4, 0.5) is 20.7 Å². The Morgan fingerprint density at radius 1 is 1.17 bits per heavy atom. The van der Waals surface area contributed by atoms with Crippen molar-refractivity contribution in [3.63, 3.8) is 0 Å². The molecule has 0 fully saturated rings. The van der Waals surface area contributed by atoms with Gasteiger partial charge in [-0.3, -0.25) is 5.32 Å². The molecule has 0 bridgehead atoms. The molecule has 3 N–H and O–H groups in total. The maximum atomic E-state index is 12.8. The molecular weight excluding hydrogens is 295 g/mol. The number of carbonyl (C=O) groups is 1. The molecule has 1 heterocycles. The molecule has 0 aliphatic carbocycles. The molecule has 0 aliphatic rings. The van der Waals surface area contributed by atoms with Crippen LogP contribution in [0.5, 0.6) is 0 Å².